The van der Waals surface area contributed by atoms with Crippen LogP contribution in [0.1, 0.15) is 50.0 Å². The van der Waals surface area contributed by atoms with Gasteiger partial charge in [-0.1, -0.05) is 0 Å². The number of fused-ring (bicyclic) bond motifs is 3. The Bertz CT molecular complexity index is 1450. The molecule has 0 aromatic heterocycles. The van der Waals surface area contributed by atoms with Crippen molar-refractivity contribution < 1.29 is 34.5 Å². The van der Waals surface area contributed by atoms with Crippen molar-refractivity contribution >= 4 is 34.8 Å². The summed E-state index contributed by atoms with van der Waals surface area (Å²) in [5.41, 5.74) is 3.91. The highest BCUT2D eigenvalue weighted by atomic mass is 16.3. The molecule has 0 heterocycles. The van der Waals surface area contributed by atoms with Crippen LogP contribution >= 0.6 is 0 Å². The second kappa shape index (κ2) is 10.4. The molecule has 12 nitrogen and oxygen atoms in total. The molecule has 228 valence electrons. The number of allylic oxidation sites excluding steroid dienone is 2. The first-order valence-corrected chi connectivity index (χ1v) is 13.9. The van der Waals surface area contributed by atoms with E-state index in [0.29, 0.717) is 11.3 Å². The van der Waals surface area contributed by atoms with Crippen molar-refractivity contribution in [3.8, 4) is 5.75 Å². The van der Waals surface area contributed by atoms with Gasteiger partial charge >= 0.3 is 0 Å². The number of ketones is 2. The zero-order chi connectivity index (χ0) is 31.6. The Morgan fingerprint density at radius 2 is 1.74 bits per heavy atom. The Morgan fingerprint density at radius 1 is 1.12 bits per heavy atom. The summed E-state index contributed by atoms with van der Waals surface area (Å²) in [5, 5.41) is 39.8. The van der Waals surface area contributed by atoms with Crippen LogP contribution in [0.25, 0.3) is 0 Å². The van der Waals surface area contributed by atoms with Gasteiger partial charge in [0.15, 0.2) is 17.3 Å². The largest absolute Gasteiger partial charge is 0.511 e. The maximum Gasteiger partial charge on any atom is 0.255 e. The number of hydrogen-bond acceptors (Lipinski definition) is 10. The van der Waals surface area contributed by atoms with E-state index in [9.17, 15) is 34.5 Å². The number of aliphatic hydroxyl groups excluding tert-OH is 2. The van der Waals surface area contributed by atoms with Gasteiger partial charge in [0.2, 0.25) is 5.91 Å². The Morgan fingerprint density at radius 3 is 2.26 bits per heavy atom. The van der Waals surface area contributed by atoms with E-state index in [1.54, 1.807) is 44.1 Å². The van der Waals surface area contributed by atoms with Crippen molar-refractivity contribution in [1.82, 2.24) is 10.2 Å². The summed E-state index contributed by atoms with van der Waals surface area (Å²) in [5.74, 6) is -5.70. The normalized spacial score (nSPS) is 25.7. The summed E-state index contributed by atoms with van der Waals surface area (Å²) in [4.78, 5) is 56.3. The number of Topliss-reactive ketones (excluding diaryl/α,β-unsaturated/α-hetero) is 2. The molecule has 1 aromatic carbocycles. The molecule has 42 heavy (non-hydrogen) atoms. The van der Waals surface area contributed by atoms with E-state index in [4.69, 9.17) is 5.73 Å². The number of nitrogens with two attached hydrogens (primary N) is 1. The molecule has 0 radical (unpaired) electrons. The van der Waals surface area contributed by atoms with Crippen molar-refractivity contribution in [3.05, 3.63) is 39.9 Å². The molecular formula is C30H41N5O7. The zero-order valence-corrected chi connectivity index (χ0v) is 25.4. The van der Waals surface area contributed by atoms with Crippen molar-refractivity contribution in [2.75, 3.05) is 45.0 Å². The minimum Gasteiger partial charge on any atom is -0.511 e. The van der Waals surface area contributed by atoms with Gasteiger partial charge < -0.3 is 36.6 Å². The second-order valence-corrected chi connectivity index (χ2v) is 13.1. The molecular weight excluding hydrogens is 542 g/mol. The molecule has 4 atom stereocenters. The highest BCUT2D eigenvalue weighted by molar-refractivity contribution is 6.23. The average molecular weight is 584 g/mol. The van der Waals surface area contributed by atoms with Gasteiger partial charge in [0.1, 0.15) is 17.1 Å². The maximum absolute atomic E-state index is 14.2. The molecule has 0 aliphatic heterocycles. The molecule has 12 heteroatoms. The molecule has 0 saturated carbocycles. The number of benzene rings is 1. The van der Waals surface area contributed by atoms with Gasteiger partial charge in [0.25, 0.3) is 5.91 Å². The molecule has 0 saturated heterocycles. The molecule has 3 aliphatic carbocycles. The molecule has 4 rings (SSSR count). The van der Waals surface area contributed by atoms with E-state index >= 15 is 0 Å². The lowest BCUT2D eigenvalue weighted by Gasteiger charge is -2.51. The van der Waals surface area contributed by atoms with Crippen LogP contribution < -0.4 is 21.3 Å². The number of aliphatic hydroxyl groups is 2. The van der Waals surface area contributed by atoms with E-state index in [-0.39, 0.29) is 41.7 Å². The van der Waals surface area contributed by atoms with Crippen LogP contribution in [0.3, 0.4) is 0 Å². The number of anilines is 2. The van der Waals surface area contributed by atoms with Gasteiger partial charge in [-0.2, -0.15) is 0 Å². The minimum atomic E-state index is -1.73. The molecule has 0 bridgehead atoms. The van der Waals surface area contributed by atoms with E-state index in [1.807, 2.05) is 20.8 Å². The predicted octanol–water partition coefficient (Wildman–Crippen LogP) is 1.79. The van der Waals surface area contributed by atoms with Crippen LogP contribution in [0, 0.1) is 17.3 Å². The zero-order valence-electron chi connectivity index (χ0n) is 25.4. The standard InChI is InChI=1S/C30H41N5O7/c1-29(2,3)32-12-18(36)33-16-11-17(34(5)6)14-9-13-10-15-22(35(7)8)25(39)21(28(31)42)27(41)30(15,4)26(40)19(13)24(38)20(14)23(16)37/h11,13,15,22,32,37,39-40H,9-10,12H2,1-8H3,(H2,31,42)(H,33,36)/t13-,15-,22?,30+/m0/s1. The number of carbonyl (C=O) groups is 4. The van der Waals surface area contributed by atoms with Gasteiger partial charge in [-0.05, 0) is 72.2 Å². The molecule has 2 amide bonds. The SMILES string of the molecule is CN(C)c1cc(NC(=O)CNC(C)(C)C)c(O)c2c1C[C@H]1C[C@H]3C(N(C)C)C(O)=C(C(N)=O)C(=O)[C@@]3(C)C(O)=C1C2=O. The van der Waals surface area contributed by atoms with Crippen LogP contribution in [0.15, 0.2) is 28.7 Å². The van der Waals surface area contributed by atoms with Crippen LogP contribution in [0.2, 0.25) is 0 Å². The van der Waals surface area contributed by atoms with Crippen molar-refractivity contribution in [3.63, 3.8) is 0 Å². The number of aromatic hydroxyl groups is 1. The number of likely N-dealkylation sites (N-methyl/N-ethyl adjacent to an activating group) is 1. The molecule has 0 fully saturated rings. The number of rotatable bonds is 6. The number of hydrogen-bond donors (Lipinski definition) is 6. The summed E-state index contributed by atoms with van der Waals surface area (Å²) < 4.78 is 0. The van der Waals surface area contributed by atoms with Gasteiger partial charge in [0, 0.05) is 36.8 Å². The summed E-state index contributed by atoms with van der Waals surface area (Å²) in [6, 6.07) is 0.787. The Kier molecular flexibility index (Phi) is 7.71. The molecule has 1 unspecified atom stereocenters. The highest BCUT2D eigenvalue weighted by Crippen LogP contribution is 2.57. The number of phenols is 1. The van der Waals surface area contributed by atoms with E-state index in [1.165, 1.54) is 6.92 Å². The Labute approximate surface area is 245 Å². The smallest absolute Gasteiger partial charge is 0.255 e. The van der Waals surface area contributed by atoms with E-state index in [2.05, 4.69) is 10.6 Å². The van der Waals surface area contributed by atoms with Gasteiger partial charge in [-0.25, -0.2) is 0 Å². The molecule has 7 N–H and O–H groups in total. The first-order chi connectivity index (χ1) is 19.3. The van der Waals surface area contributed by atoms with Crippen LogP contribution in [0.5, 0.6) is 5.75 Å². The second-order valence-electron chi connectivity index (χ2n) is 13.1. The fourth-order valence-electron chi connectivity index (χ4n) is 6.63. The lowest BCUT2D eigenvalue weighted by Crippen LogP contribution is -2.58. The monoisotopic (exact) mass is 583 g/mol. The lowest BCUT2D eigenvalue weighted by atomic mass is 9.54. The maximum atomic E-state index is 14.2. The van der Waals surface area contributed by atoms with Crippen molar-refractivity contribution in [2.24, 2.45) is 23.0 Å². The lowest BCUT2D eigenvalue weighted by molar-refractivity contribution is -0.134. The number of carbonyl (C=O) groups excluding carboxylic acids is 4. The molecule has 3 aliphatic rings. The predicted molar refractivity (Wildman–Crippen MR) is 158 cm³/mol. The van der Waals surface area contributed by atoms with Crippen LogP contribution in [0.4, 0.5) is 11.4 Å². The quantitative estimate of drug-likeness (QED) is 0.213. The average Bonchev–Trinajstić information content (AvgIpc) is 2.85. The fourth-order valence-corrected chi connectivity index (χ4v) is 6.63. The summed E-state index contributed by atoms with van der Waals surface area (Å²) in [6.07, 6.45) is 0.478. The fraction of sp³-hybridized carbons (Fsp3) is 0.533. The Hall–Kier alpha value is -3.90. The number of phenolic OH excluding ortho intramolecular Hbond substituents is 1. The van der Waals surface area contributed by atoms with Crippen LogP contribution in [-0.2, 0) is 20.8 Å². The summed E-state index contributed by atoms with van der Waals surface area (Å²) in [6.45, 7) is 7.15. The van der Waals surface area contributed by atoms with Gasteiger partial charge in [-0.15, -0.1) is 0 Å². The molecule has 1 aromatic rings. The number of primary amides is 1. The van der Waals surface area contributed by atoms with Crippen LogP contribution in [-0.4, -0.2) is 89.9 Å². The highest BCUT2D eigenvalue weighted by Gasteiger charge is 2.61. The first kappa shape index (κ1) is 31.0. The third-order valence-corrected chi connectivity index (χ3v) is 8.70. The van der Waals surface area contributed by atoms with Gasteiger partial charge in [0.05, 0.1) is 29.3 Å². The van der Waals surface area contributed by atoms with Gasteiger partial charge in [-0.3, -0.25) is 24.1 Å². The number of nitrogens with one attached hydrogen (secondary N) is 2. The Balaban J connectivity index is 1.87. The minimum absolute atomic E-state index is 0.0310. The number of amides is 2. The van der Waals surface area contributed by atoms with E-state index in [0.717, 1.165) is 0 Å². The molecule has 0 spiro atoms. The summed E-state index contributed by atoms with van der Waals surface area (Å²) in [7, 11) is 6.92. The van der Waals surface area contributed by atoms with Crippen molar-refractivity contribution in [2.45, 2.75) is 52.1 Å². The first-order valence-electron chi connectivity index (χ1n) is 13.9. The summed E-state index contributed by atoms with van der Waals surface area (Å²) >= 11 is 0. The van der Waals surface area contributed by atoms with Crippen molar-refractivity contribution in [1.29, 1.82) is 0 Å². The third kappa shape index (κ3) is 4.82. The van der Waals surface area contributed by atoms with E-state index < -0.39 is 69.5 Å². The third-order valence-electron chi connectivity index (χ3n) is 8.70. The topological polar surface area (TPSA) is 186 Å². The number of nitrogens with zero attached hydrogens (tertiary/aromatic N) is 2.